The third-order valence-corrected chi connectivity index (χ3v) is 3.49. The van der Waals surface area contributed by atoms with Crippen molar-refractivity contribution in [3.63, 3.8) is 0 Å². The molecule has 5 heteroatoms. The van der Waals surface area contributed by atoms with E-state index >= 15 is 0 Å². The van der Waals surface area contributed by atoms with Gasteiger partial charge in [0.05, 0.1) is 19.4 Å². The summed E-state index contributed by atoms with van der Waals surface area (Å²) in [6, 6.07) is 11.3. The van der Waals surface area contributed by atoms with Crippen molar-refractivity contribution in [2.75, 3.05) is 20.3 Å². The number of nitrogens with zero attached hydrogens (tertiary/aromatic N) is 1. The molecule has 2 rings (SSSR count). The normalized spacial score (nSPS) is 12.0. The highest BCUT2D eigenvalue weighted by molar-refractivity contribution is 5.80. The van der Waals surface area contributed by atoms with Crippen molar-refractivity contribution in [2.45, 2.75) is 26.5 Å². The fourth-order valence-electron chi connectivity index (χ4n) is 2.19. The molecule has 1 unspecified atom stereocenters. The van der Waals surface area contributed by atoms with Crippen LogP contribution in [0.3, 0.4) is 0 Å². The zero-order valence-corrected chi connectivity index (χ0v) is 13.8. The van der Waals surface area contributed by atoms with Crippen LogP contribution < -0.4 is 4.74 Å². The average molecular weight is 317 g/mol. The van der Waals surface area contributed by atoms with Gasteiger partial charge in [-0.25, -0.2) is 0 Å². The molecule has 0 N–H and O–H groups in total. The fraction of sp³-hybridized carbons (Fsp3) is 0.389. The van der Waals surface area contributed by atoms with Gasteiger partial charge >= 0.3 is 0 Å². The maximum Gasteiger partial charge on any atom is 0.263 e. The molecule has 0 fully saturated rings. The Balaban J connectivity index is 2.00. The van der Waals surface area contributed by atoms with Crippen molar-refractivity contribution in [1.29, 1.82) is 0 Å². The van der Waals surface area contributed by atoms with Gasteiger partial charge in [-0.05, 0) is 38.1 Å². The first kappa shape index (κ1) is 17.1. The summed E-state index contributed by atoms with van der Waals surface area (Å²) >= 11 is 0. The Morgan fingerprint density at radius 2 is 2.00 bits per heavy atom. The maximum absolute atomic E-state index is 12.7. The Morgan fingerprint density at radius 1 is 1.26 bits per heavy atom. The molecule has 5 nitrogen and oxygen atoms in total. The van der Waals surface area contributed by atoms with Gasteiger partial charge in [0.15, 0.2) is 6.10 Å². The van der Waals surface area contributed by atoms with Crippen molar-refractivity contribution in [2.24, 2.45) is 0 Å². The minimum atomic E-state index is -0.579. The Bertz CT molecular complexity index is 592. The van der Waals surface area contributed by atoms with Gasteiger partial charge in [0.25, 0.3) is 5.91 Å². The highest BCUT2D eigenvalue weighted by Gasteiger charge is 2.23. The molecule has 0 aliphatic heterocycles. The third kappa shape index (κ3) is 5.14. The zero-order valence-electron chi connectivity index (χ0n) is 13.8. The Morgan fingerprint density at radius 3 is 2.61 bits per heavy atom. The first-order chi connectivity index (χ1) is 11.1. The quantitative estimate of drug-likeness (QED) is 0.751. The molecule has 1 aromatic carbocycles. The van der Waals surface area contributed by atoms with Crippen LogP contribution in [0.15, 0.2) is 47.1 Å². The Hall–Kier alpha value is -2.27. The van der Waals surface area contributed by atoms with Gasteiger partial charge in [-0.1, -0.05) is 17.7 Å². The maximum atomic E-state index is 12.7. The van der Waals surface area contributed by atoms with Crippen LogP contribution in [0, 0.1) is 6.92 Å². The second kappa shape index (κ2) is 8.39. The molecule has 0 bridgehead atoms. The van der Waals surface area contributed by atoms with E-state index < -0.39 is 6.10 Å². The molecule has 0 aliphatic carbocycles. The summed E-state index contributed by atoms with van der Waals surface area (Å²) in [6.45, 7) is 5.11. The van der Waals surface area contributed by atoms with Crippen LogP contribution in [0.25, 0.3) is 0 Å². The van der Waals surface area contributed by atoms with Crippen LogP contribution in [0.1, 0.15) is 18.2 Å². The molecule has 0 spiro atoms. The molecular formula is C18H23NO4. The van der Waals surface area contributed by atoms with Crippen molar-refractivity contribution in [3.8, 4) is 5.75 Å². The second-order valence-electron chi connectivity index (χ2n) is 5.41. The molecule has 1 atom stereocenters. The number of rotatable bonds is 8. The minimum Gasteiger partial charge on any atom is -0.481 e. The number of hydrogen-bond donors (Lipinski definition) is 0. The van der Waals surface area contributed by atoms with E-state index in [9.17, 15) is 4.79 Å². The van der Waals surface area contributed by atoms with E-state index in [0.29, 0.717) is 25.4 Å². The molecular weight excluding hydrogens is 294 g/mol. The van der Waals surface area contributed by atoms with E-state index in [0.717, 1.165) is 11.3 Å². The molecule has 0 saturated carbocycles. The first-order valence-electron chi connectivity index (χ1n) is 7.63. The molecule has 23 heavy (non-hydrogen) atoms. The topological polar surface area (TPSA) is 51.9 Å². The lowest BCUT2D eigenvalue weighted by Crippen LogP contribution is -2.41. The monoisotopic (exact) mass is 317 g/mol. The van der Waals surface area contributed by atoms with Crippen molar-refractivity contribution in [3.05, 3.63) is 54.0 Å². The number of methoxy groups -OCH3 is 1. The SMILES string of the molecule is COCCN(Cc1ccco1)C(=O)C(C)Oc1ccc(C)cc1. The zero-order chi connectivity index (χ0) is 16.7. The van der Waals surface area contributed by atoms with Gasteiger partial charge in [0.1, 0.15) is 11.5 Å². The third-order valence-electron chi connectivity index (χ3n) is 3.49. The lowest BCUT2D eigenvalue weighted by molar-refractivity contribution is -0.139. The lowest BCUT2D eigenvalue weighted by atomic mass is 10.2. The summed E-state index contributed by atoms with van der Waals surface area (Å²) in [5, 5.41) is 0. The van der Waals surface area contributed by atoms with Gasteiger partial charge < -0.3 is 18.8 Å². The summed E-state index contributed by atoms with van der Waals surface area (Å²) in [4.78, 5) is 14.3. The van der Waals surface area contributed by atoms with E-state index in [1.165, 1.54) is 0 Å². The van der Waals surface area contributed by atoms with Gasteiger partial charge in [-0.2, -0.15) is 0 Å². The smallest absolute Gasteiger partial charge is 0.263 e. The van der Waals surface area contributed by atoms with Gasteiger partial charge in [-0.3, -0.25) is 4.79 Å². The largest absolute Gasteiger partial charge is 0.481 e. The van der Waals surface area contributed by atoms with Crippen molar-refractivity contribution < 1.29 is 18.7 Å². The van der Waals surface area contributed by atoms with Gasteiger partial charge in [0, 0.05) is 13.7 Å². The van der Waals surface area contributed by atoms with E-state index in [1.54, 1.807) is 31.3 Å². The molecule has 1 heterocycles. The molecule has 0 radical (unpaired) electrons. The predicted octanol–water partition coefficient (Wildman–Crippen LogP) is 3.03. The molecule has 0 aliphatic rings. The summed E-state index contributed by atoms with van der Waals surface area (Å²) < 4.78 is 16.2. The summed E-state index contributed by atoms with van der Waals surface area (Å²) in [5.74, 6) is 1.32. The van der Waals surface area contributed by atoms with Gasteiger partial charge in [-0.15, -0.1) is 0 Å². The van der Waals surface area contributed by atoms with Crippen LogP contribution in [0.5, 0.6) is 5.75 Å². The second-order valence-corrected chi connectivity index (χ2v) is 5.41. The summed E-state index contributed by atoms with van der Waals surface area (Å²) in [7, 11) is 1.61. The van der Waals surface area contributed by atoms with E-state index in [2.05, 4.69) is 0 Å². The van der Waals surface area contributed by atoms with Crippen LogP contribution in [-0.4, -0.2) is 37.2 Å². The molecule has 2 aromatic rings. The number of ether oxygens (including phenoxy) is 2. The van der Waals surface area contributed by atoms with E-state index in [-0.39, 0.29) is 5.91 Å². The highest BCUT2D eigenvalue weighted by Crippen LogP contribution is 2.15. The van der Waals surface area contributed by atoms with Crippen LogP contribution in [0.4, 0.5) is 0 Å². The van der Waals surface area contributed by atoms with Crippen LogP contribution in [-0.2, 0) is 16.1 Å². The number of furan rings is 1. The standard InChI is InChI=1S/C18H23NO4/c1-14-6-8-16(9-7-14)23-15(2)18(20)19(10-12-21-3)13-17-5-4-11-22-17/h4-9,11,15H,10,12-13H2,1-3H3. The number of hydrogen-bond acceptors (Lipinski definition) is 4. The molecule has 0 saturated heterocycles. The summed E-state index contributed by atoms with van der Waals surface area (Å²) in [6.07, 6.45) is 1.02. The van der Waals surface area contributed by atoms with Crippen LogP contribution >= 0.6 is 0 Å². The van der Waals surface area contributed by atoms with E-state index in [4.69, 9.17) is 13.9 Å². The predicted molar refractivity (Wildman–Crippen MR) is 87.3 cm³/mol. The van der Waals surface area contributed by atoms with Gasteiger partial charge in [0.2, 0.25) is 0 Å². The minimum absolute atomic E-state index is 0.0981. The Labute approximate surface area is 136 Å². The Kier molecular flexibility index (Phi) is 6.23. The number of carbonyl (C=O) groups is 1. The van der Waals surface area contributed by atoms with E-state index in [1.807, 2.05) is 37.3 Å². The fourth-order valence-corrected chi connectivity index (χ4v) is 2.19. The number of benzene rings is 1. The lowest BCUT2D eigenvalue weighted by Gasteiger charge is -2.25. The molecule has 124 valence electrons. The number of aryl methyl sites for hydroxylation is 1. The highest BCUT2D eigenvalue weighted by atomic mass is 16.5. The van der Waals surface area contributed by atoms with Crippen molar-refractivity contribution in [1.82, 2.24) is 4.90 Å². The summed E-state index contributed by atoms with van der Waals surface area (Å²) in [5.41, 5.74) is 1.15. The number of amides is 1. The van der Waals surface area contributed by atoms with Crippen molar-refractivity contribution >= 4 is 5.91 Å². The average Bonchev–Trinajstić information content (AvgIpc) is 3.06. The number of carbonyl (C=O) groups excluding carboxylic acids is 1. The first-order valence-corrected chi connectivity index (χ1v) is 7.63. The molecule has 1 aromatic heterocycles. The van der Waals surface area contributed by atoms with Crippen LogP contribution in [0.2, 0.25) is 0 Å². The molecule has 1 amide bonds.